The molecule has 0 spiro atoms. The molecular weight excluding hydrogens is 382 g/mol. The van der Waals surface area contributed by atoms with Crippen molar-refractivity contribution in [2.75, 3.05) is 51.3 Å². The summed E-state index contributed by atoms with van der Waals surface area (Å²) in [6.45, 7) is 10.8. The Labute approximate surface area is 174 Å². The third-order valence-corrected chi connectivity index (χ3v) is 5.62. The number of nitrogens with zero attached hydrogens (tertiary/aromatic N) is 2. The normalized spacial score (nSPS) is 14.7. The van der Waals surface area contributed by atoms with Gasteiger partial charge in [0.25, 0.3) is 0 Å². The van der Waals surface area contributed by atoms with E-state index in [9.17, 15) is 4.79 Å². The molecule has 1 fully saturated rings. The van der Waals surface area contributed by atoms with E-state index in [-0.39, 0.29) is 18.5 Å². The van der Waals surface area contributed by atoms with Gasteiger partial charge in [0.05, 0.1) is 12.8 Å². The molecule has 0 aromatic heterocycles. The highest BCUT2D eigenvalue weighted by Gasteiger charge is 2.19. The molecule has 0 aliphatic carbocycles. The van der Waals surface area contributed by atoms with Crippen molar-refractivity contribution < 1.29 is 9.53 Å². The summed E-state index contributed by atoms with van der Waals surface area (Å²) >= 11 is 1.95. The lowest BCUT2D eigenvalue weighted by molar-refractivity contribution is 0.170. The van der Waals surface area contributed by atoms with E-state index in [4.69, 9.17) is 0 Å². The van der Waals surface area contributed by atoms with Crippen LogP contribution in [0, 0.1) is 0 Å². The molecule has 1 amide bonds. The molecule has 1 aliphatic heterocycles. The Morgan fingerprint density at radius 2 is 1.85 bits per heavy atom. The fourth-order valence-corrected chi connectivity index (χ4v) is 4.17. The van der Waals surface area contributed by atoms with Crippen LogP contribution in [0.15, 0.2) is 29.2 Å². The van der Waals surface area contributed by atoms with Gasteiger partial charge in [-0.15, -0.1) is 24.2 Å². The molecule has 2 rings (SSSR count). The highest BCUT2D eigenvalue weighted by atomic mass is 35.5. The molecule has 0 atom stereocenters. The number of thioether (sulfide) groups is 1. The Balaban J connectivity index is 0.00000364. The molecule has 1 aromatic carbocycles. The number of alkyl carbamates (subject to hydrolysis) is 1. The number of ether oxygens (including phenoxy) is 1. The van der Waals surface area contributed by atoms with Crippen LogP contribution in [-0.2, 0) is 4.74 Å². The molecule has 0 radical (unpaired) electrons. The molecule has 1 saturated heterocycles. The molecule has 27 heavy (non-hydrogen) atoms. The smallest absolute Gasteiger partial charge is 0.406 e. The molecule has 154 valence electrons. The number of methoxy groups -OCH3 is 1. The maximum absolute atomic E-state index is 11.0. The van der Waals surface area contributed by atoms with Crippen LogP contribution in [0.25, 0.3) is 0 Å². The Hall–Kier alpha value is -1.11. The van der Waals surface area contributed by atoms with Gasteiger partial charge in [-0.25, -0.2) is 4.79 Å². The van der Waals surface area contributed by atoms with Crippen molar-refractivity contribution in [1.82, 2.24) is 10.2 Å². The summed E-state index contributed by atoms with van der Waals surface area (Å²) in [5.74, 6) is 0. The molecule has 0 bridgehead atoms. The van der Waals surface area contributed by atoms with Gasteiger partial charge in [-0.1, -0.05) is 32.4 Å². The number of unbranched alkanes of at least 4 members (excludes halogenated alkanes) is 2. The van der Waals surface area contributed by atoms with Crippen LogP contribution in [0.1, 0.15) is 33.1 Å². The monoisotopic (exact) mass is 415 g/mol. The summed E-state index contributed by atoms with van der Waals surface area (Å²) < 4.78 is 4.56. The van der Waals surface area contributed by atoms with Crippen molar-refractivity contribution >= 4 is 35.9 Å². The van der Waals surface area contributed by atoms with Crippen LogP contribution in [0.4, 0.5) is 10.5 Å². The van der Waals surface area contributed by atoms with E-state index >= 15 is 0 Å². The molecule has 0 saturated carbocycles. The summed E-state index contributed by atoms with van der Waals surface area (Å²) in [7, 11) is 1.40. The van der Waals surface area contributed by atoms with E-state index in [0.717, 1.165) is 45.6 Å². The number of anilines is 1. The quantitative estimate of drug-likeness (QED) is 0.482. The molecule has 1 N–H and O–H groups in total. The number of halogens is 1. The zero-order valence-electron chi connectivity index (χ0n) is 16.8. The molecule has 5 nitrogen and oxygen atoms in total. The number of piperazine rings is 1. The zero-order valence-corrected chi connectivity index (χ0v) is 18.4. The van der Waals surface area contributed by atoms with Crippen LogP contribution in [0.5, 0.6) is 0 Å². The van der Waals surface area contributed by atoms with Crippen molar-refractivity contribution in [2.24, 2.45) is 0 Å². The lowest BCUT2D eigenvalue weighted by Gasteiger charge is -2.37. The SMILES string of the molecule is COC(=O)NCCCCCN1CCN(c2ccccc2SC(C)C)CC1.Cl. The summed E-state index contributed by atoms with van der Waals surface area (Å²) in [5, 5.41) is 3.33. The third-order valence-electron chi connectivity index (χ3n) is 4.55. The summed E-state index contributed by atoms with van der Waals surface area (Å²) in [4.78, 5) is 17.5. The number of carbonyl (C=O) groups is 1. The first-order valence-electron chi connectivity index (χ1n) is 9.65. The lowest BCUT2D eigenvalue weighted by atomic mass is 10.2. The topological polar surface area (TPSA) is 44.8 Å². The van der Waals surface area contributed by atoms with Crippen molar-refractivity contribution in [1.29, 1.82) is 0 Å². The van der Waals surface area contributed by atoms with Crippen LogP contribution < -0.4 is 10.2 Å². The Kier molecular flexibility index (Phi) is 11.6. The van der Waals surface area contributed by atoms with Gasteiger partial charge in [0.15, 0.2) is 0 Å². The third kappa shape index (κ3) is 8.62. The number of hydrogen-bond acceptors (Lipinski definition) is 5. The number of rotatable bonds is 9. The molecule has 1 aromatic rings. The molecule has 1 aliphatic rings. The second kappa shape index (κ2) is 13.1. The minimum atomic E-state index is -0.336. The number of amides is 1. The van der Waals surface area contributed by atoms with E-state index in [2.05, 4.69) is 58.0 Å². The second-order valence-electron chi connectivity index (χ2n) is 6.94. The van der Waals surface area contributed by atoms with Crippen LogP contribution in [-0.4, -0.2) is 62.6 Å². The van der Waals surface area contributed by atoms with E-state index in [1.165, 1.54) is 24.1 Å². The highest BCUT2D eigenvalue weighted by molar-refractivity contribution is 8.00. The number of carbonyl (C=O) groups excluding carboxylic acids is 1. The minimum absolute atomic E-state index is 0. The maximum atomic E-state index is 11.0. The summed E-state index contributed by atoms with van der Waals surface area (Å²) in [6.07, 6.45) is 2.99. The average Bonchev–Trinajstić information content (AvgIpc) is 2.65. The van der Waals surface area contributed by atoms with Gasteiger partial charge < -0.3 is 15.0 Å². The van der Waals surface area contributed by atoms with Gasteiger partial charge in [-0.2, -0.15) is 0 Å². The fraction of sp³-hybridized carbons (Fsp3) is 0.650. The van der Waals surface area contributed by atoms with Crippen molar-refractivity contribution in [3.05, 3.63) is 24.3 Å². The van der Waals surface area contributed by atoms with Crippen LogP contribution in [0.3, 0.4) is 0 Å². The second-order valence-corrected chi connectivity index (χ2v) is 8.56. The van der Waals surface area contributed by atoms with Gasteiger partial charge in [-0.3, -0.25) is 4.90 Å². The van der Waals surface area contributed by atoms with E-state index in [0.29, 0.717) is 11.8 Å². The van der Waals surface area contributed by atoms with E-state index in [1.54, 1.807) is 0 Å². The number of para-hydroxylation sites is 1. The van der Waals surface area contributed by atoms with E-state index < -0.39 is 0 Å². The van der Waals surface area contributed by atoms with Gasteiger partial charge >= 0.3 is 6.09 Å². The maximum Gasteiger partial charge on any atom is 0.406 e. The van der Waals surface area contributed by atoms with Gasteiger partial charge in [0.2, 0.25) is 0 Å². The van der Waals surface area contributed by atoms with Crippen LogP contribution >= 0.6 is 24.2 Å². The Morgan fingerprint density at radius 1 is 1.15 bits per heavy atom. The number of nitrogens with one attached hydrogen (secondary N) is 1. The average molecular weight is 416 g/mol. The predicted octanol–water partition coefficient (Wildman–Crippen LogP) is 4.26. The molecule has 1 heterocycles. The Bertz CT molecular complexity index is 552. The zero-order chi connectivity index (χ0) is 18.8. The van der Waals surface area contributed by atoms with Crippen molar-refractivity contribution in [3.8, 4) is 0 Å². The van der Waals surface area contributed by atoms with Gasteiger partial charge in [0.1, 0.15) is 0 Å². The standard InChI is InChI=1S/C20H33N3O2S.ClH/c1-17(2)26-19-10-6-5-9-18(19)23-15-13-22(14-16-23)12-8-4-7-11-21-20(24)25-3;/h5-6,9-10,17H,4,7-8,11-16H2,1-3H3,(H,21,24);1H. The number of hydrogen-bond donors (Lipinski definition) is 1. The van der Waals surface area contributed by atoms with Crippen molar-refractivity contribution in [2.45, 2.75) is 43.3 Å². The first-order chi connectivity index (χ1) is 12.6. The first-order valence-corrected chi connectivity index (χ1v) is 10.5. The molecular formula is C20H34ClN3O2S. The molecule has 7 heteroatoms. The predicted molar refractivity (Wildman–Crippen MR) is 118 cm³/mol. The van der Waals surface area contributed by atoms with Gasteiger partial charge in [0, 0.05) is 42.9 Å². The van der Waals surface area contributed by atoms with Crippen molar-refractivity contribution in [3.63, 3.8) is 0 Å². The largest absolute Gasteiger partial charge is 0.453 e. The first kappa shape index (κ1) is 23.9. The summed E-state index contributed by atoms with van der Waals surface area (Å²) in [5.41, 5.74) is 1.39. The minimum Gasteiger partial charge on any atom is -0.453 e. The highest BCUT2D eigenvalue weighted by Crippen LogP contribution is 2.33. The fourth-order valence-electron chi connectivity index (χ4n) is 3.18. The Morgan fingerprint density at radius 3 is 2.52 bits per heavy atom. The van der Waals surface area contributed by atoms with Crippen LogP contribution in [0.2, 0.25) is 0 Å². The molecule has 0 unspecified atom stereocenters. The summed E-state index contributed by atoms with van der Waals surface area (Å²) in [6, 6.07) is 8.79. The lowest BCUT2D eigenvalue weighted by Crippen LogP contribution is -2.46. The number of benzene rings is 1. The van der Waals surface area contributed by atoms with Gasteiger partial charge in [-0.05, 0) is 31.5 Å². The van der Waals surface area contributed by atoms with E-state index in [1.807, 2.05) is 11.8 Å².